The first-order chi connectivity index (χ1) is 16.7. The molecule has 2 aromatic rings. The summed E-state index contributed by atoms with van der Waals surface area (Å²) in [6.45, 7) is 4.21. The molecule has 0 N–H and O–H groups in total. The highest BCUT2D eigenvalue weighted by Crippen LogP contribution is 2.51. The molecule has 0 bridgehead atoms. The van der Waals surface area contributed by atoms with Gasteiger partial charge in [0.05, 0.1) is 20.1 Å². The van der Waals surface area contributed by atoms with Crippen molar-refractivity contribution >= 4 is 24.0 Å². The standard InChI is InChI=1S/C26H28O9/c1-15(27)32-10-6-7-18-11-20-21(14-33-16(2)28)25(35-26(20)24(12-18)31-5)19-8-9-22(34-17(3)29)23(13-19)30-4/h6-9,11-13,21,25H,10,14H2,1-5H3/b7-6+. The minimum atomic E-state index is -0.529. The van der Waals surface area contributed by atoms with Gasteiger partial charge in [0.2, 0.25) is 0 Å². The molecule has 0 fully saturated rings. The lowest BCUT2D eigenvalue weighted by Gasteiger charge is -2.20. The number of ether oxygens (including phenoxy) is 6. The number of hydrogen-bond acceptors (Lipinski definition) is 9. The average molecular weight is 485 g/mol. The fraction of sp³-hybridized carbons (Fsp3) is 0.346. The Morgan fingerprint density at radius 3 is 2.23 bits per heavy atom. The van der Waals surface area contributed by atoms with Crippen LogP contribution in [0.5, 0.6) is 23.0 Å². The van der Waals surface area contributed by atoms with Gasteiger partial charge in [-0.3, -0.25) is 14.4 Å². The Kier molecular flexibility index (Phi) is 8.35. The molecule has 0 radical (unpaired) electrons. The molecule has 3 rings (SSSR count). The van der Waals surface area contributed by atoms with Crippen LogP contribution in [-0.2, 0) is 23.9 Å². The van der Waals surface area contributed by atoms with E-state index in [0.717, 1.165) is 16.7 Å². The molecule has 0 saturated heterocycles. The Morgan fingerprint density at radius 1 is 0.886 bits per heavy atom. The number of fused-ring (bicyclic) bond motifs is 1. The number of hydrogen-bond donors (Lipinski definition) is 0. The van der Waals surface area contributed by atoms with E-state index >= 15 is 0 Å². The van der Waals surface area contributed by atoms with E-state index in [1.807, 2.05) is 6.07 Å². The van der Waals surface area contributed by atoms with Crippen LogP contribution in [0.2, 0.25) is 0 Å². The van der Waals surface area contributed by atoms with Gasteiger partial charge in [-0.25, -0.2) is 0 Å². The Hall–Kier alpha value is -4.01. The summed E-state index contributed by atoms with van der Waals surface area (Å²) in [5.41, 5.74) is 2.33. The molecule has 0 aliphatic carbocycles. The summed E-state index contributed by atoms with van der Waals surface area (Å²) in [5.74, 6) is 0.0982. The van der Waals surface area contributed by atoms with Gasteiger partial charge in [-0.1, -0.05) is 12.1 Å². The van der Waals surface area contributed by atoms with Gasteiger partial charge in [-0.2, -0.15) is 0 Å². The second-order valence-electron chi connectivity index (χ2n) is 7.80. The van der Waals surface area contributed by atoms with Gasteiger partial charge < -0.3 is 28.4 Å². The van der Waals surface area contributed by atoms with Crippen molar-refractivity contribution in [1.82, 2.24) is 0 Å². The van der Waals surface area contributed by atoms with Gasteiger partial charge in [0.25, 0.3) is 0 Å². The maximum atomic E-state index is 11.6. The molecule has 1 heterocycles. The third kappa shape index (κ3) is 6.32. The molecule has 9 nitrogen and oxygen atoms in total. The topological polar surface area (TPSA) is 107 Å². The van der Waals surface area contributed by atoms with E-state index in [-0.39, 0.29) is 30.9 Å². The molecule has 2 atom stereocenters. The lowest BCUT2D eigenvalue weighted by molar-refractivity contribution is -0.142. The van der Waals surface area contributed by atoms with Gasteiger partial charge in [0.15, 0.2) is 23.0 Å². The molecule has 0 aromatic heterocycles. The van der Waals surface area contributed by atoms with Crippen molar-refractivity contribution < 1.29 is 42.8 Å². The summed E-state index contributed by atoms with van der Waals surface area (Å²) >= 11 is 0. The number of carbonyl (C=O) groups is 3. The zero-order valence-electron chi connectivity index (χ0n) is 20.3. The third-order valence-electron chi connectivity index (χ3n) is 5.26. The summed E-state index contributed by atoms with van der Waals surface area (Å²) in [5, 5.41) is 0. The highest BCUT2D eigenvalue weighted by Gasteiger charge is 2.39. The van der Waals surface area contributed by atoms with Crippen LogP contribution >= 0.6 is 0 Å². The first-order valence-corrected chi connectivity index (χ1v) is 10.9. The van der Waals surface area contributed by atoms with Gasteiger partial charge in [0, 0.05) is 26.3 Å². The Bertz CT molecular complexity index is 1140. The van der Waals surface area contributed by atoms with Crippen LogP contribution in [0.1, 0.15) is 49.5 Å². The van der Waals surface area contributed by atoms with Crippen LogP contribution in [0.4, 0.5) is 0 Å². The van der Waals surface area contributed by atoms with E-state index in [2.05, 4.69) is 0 Å². The van der Waals surface area contributed by atoms with Crippen LogP contribution < -0.4 is 18.9 Å². The summed E-state index contributed by atoms with van der Waals surface area (Å²) in [6.07, 6.45) is 2.99. The second kappa shape index (κ2) is 11.4. The van der Waals surface area contributed by atoms with Crippen LogP contribution in [-0.4, -0.2) is 45.3 Å². The number of methoxy groups -OCH3 is 2. The molecule has 35 heavy (non-hydrogen) atoms. The smallest absolute Gasteiger partial charge is 0.308 e. The van der Waals surface area contributed by atoms with E-state index in [4.69, 9.17) is 28.4 Å². The zero-order chi connectivity index (χ0) is 25.5. The van der Waals surface area contributed by atoms with Gasteiger partial charge in [-0.05, 0) is 41.5 Å². The number of esters is 3. The van der Waals surface area contributed by atoms with Crippen molar-refractivity contribution in [3.05, 3.63) is 53.1 Å². The second-order valence-corrected chi connectivity index (χ2v) is 7.80. The molecule has 0 spiro atoms. The average Bonchev–Trinajstić information content (AvgIpc) is 3.18. The largest absolute Gasteiger partial charge is 0.493 e. The van der Waals surface area contributed by atoms with E-state index in [1.165, 1.54) is 35.0 Å². The summed E-state index contributed by atoms with van der Waals surface area (Å²) < 4.78 is 32.8. The quantitative estimate of drug-likeness (QED) is 0.386. The molecule has 186 valence electrons. The van der Waals surface area contributed by atoms with Crippen LogP contribution in [0.3, 0.4) is 0 Å². The fourth-order valence-electron chi connectivity index (χ4n) is 3.80. The number of rotatable bonds is 9. The van der Waals surface area contributed by atoms with Crippen LogP contribution in [0.25, 0.3) is 6.08 Å². The number of carbonyl (C=O) groups excluding carboxylic acids is 3. The monoisotopic (exact) mass is 484 g/mol. The van der Waals surface area contributed by atoms with Crippen LogP contribution in [0, 0.1) is 0 Å². The minimum absolute atomic E-state index is 0.0742. The molecule has 9 heteroatoms. The van der Waals surface area contributed by atoms with E-state index < -0.39 is 18.0 Å². The van der Waals surface area contributed by atoms with E-state index in [1.54, 1.807) is 36.4 Å². The Morgan fingerprint density at radius 2 is 1.60 bits per heavy atom. The minimum Gasteiger partial charge on any atom is -0.493 e. The molecule has 0 saturated carbocycles. The van der Waals surface area contributed by atoms with Crippen molar-refractivity contribution in [2.75, 3.05) is 27.4 Å². The Balaban J connectivity index is 2.00. The fourth-order valence-corrected chi connectivity index (χ4v) is 3.80. The zero-order valence-corrected chi connectivity index (χ0v) is 20.3. The predicted molar refractivity (Wildman–Crippen MR) is 126 cm³/mol. The van der Waals surface area contributed by atoms with Gasteiger partial charge in [-0.15, -0.1) is 0 Å². The van der Waals surface area contributed by atoms with Crippen molar-refractivity contribution in [3.8, 4) is 23.0 Å². The van der Waals surface area contributed by atoms with E-state index in [9.17, 15) is 14.4 Å². The molecule has 2 unspecified atom stereocenters. The van der Waals surface area contributed by atoms with E-state index in [0.29, 0.717) is 17.2 Å². The normalized spacial score (nSPS) is 16.3. The maximum Gasteiger partial charge on any atom is 0.308 e. The lowest BCUT2D eigenvalue weighted by Crippen LogP contribution is -2.17. The molecule has 1 aliphatic rings. The predicted octanol–water partition coefficient (Wildman–Crippen LogP) is 3.99. The molecule has 2 aromatic carbocycles. The molecular formula is C26H28O9. The maximum absolute atomic E-state index is 11.6. The lowest BCUT2D eigenvalue weighted by atomic mass is 9.90. The summed E-state index contributed by atoms with van der Waals surface area (Å²) in [6, 6.07) is 8.84. The first-order valence-electron chi connectivity index (χ1n) is 10.9. The SMILES string of the molecule is COc1cc(C2Oc3c(OC)cc(/C=C/COC(C)=O)cc3C2COC(C)=O)ccc1OC(C)=O. The molecule has 1 aliphatic heterocycles. The van der Waals surface area contributed by atoms with Crippen molar-refractivity contribution in [2.24, 2.45) is 0 Å². The van der Waals surface area contributed by atoms with Crippen LogP contribution in [0.15, 0.2) is 36.4 Å². The summed E-state index contributed by atoms with van der Waals surface area (Å²) in [4.78, 5) is 34.0. The highest BCUT2D eigenvalue weighted by molar-refractivity contribution is 5.71. The summed E-state index contributed by atoms with van der Waals surface area (Å²) in [7, 11) is 3.01. The van der Waals surface area contributed by atoms with Gasteiger partial charge in [0.1, 0.15) is 19.3 Å². The van der Waals surface area contributed by atoms with Crippen molar-refractivity contribution in [3.63, 3.8) is 0 Å². The first kappa shape index (κ1) is 25.6. The van der Waals surface area contributed by atoms with Crippen molar-refractivity contribution in [2.45, 2.75) is 32.8 Å². The molecule has 0 amide bonds. The highest BCUT2D eigenvalue weighted by atomic mass is 16.6. The van der Waals surface area contributed by atoms with Gasteiger partial charge >= 0.3 is 17.9 Å². The third-order valence-corrected chi connectivity index (χ3v) is 5.26. The van der Waals surface area contributed by atoms with Crippen molar-refractivity contribution in [1.29, 1.82) is 0 Å². The Labute approximate surface area is 203 Å². The molecular weight excluding hydrogens is 456 g/mol. The number of benzene rings is 2.